The van der Waals surface area contributed by atoms with E-state index < -0.39 is 0 Å². The third-order valence-corrected chi connectivity index (χ3v) is 6.40. The van der Waals surface area contributed by atoms with Crippen LogP contribution in [0.5, 0.6) is 11.5 Å². The zero-order valence-electron chi connectivity index (χ0n) is 18.9. The smallest absolute Gasteiger partial charge is 0.211 e. The van der Waals surface area contributed by atoms with Crippen LogP contribution in [-0.2, 0) is 6.42 Å². The van der Waals surface area contributed by atoms with Crippen molar-refractivity contribution in [3.05, 3.63) is 76.0 Å². The van der Waals surface area contributed by atoms with E-state index in [0.29, 0.717) is 39.7 Å². The molecule has 2 heterocycles. The van der Waals surface area contributed by atoms with Gasteiger partial charge in [-0.25, -0.2) is 0 Å². The van der Waals surface area contributed by atoms with E-state index in [0.717, 1.165) is 22.6 Å². The molecule has 1 N–H and O–H groups in total. The van der Waals surface area contributed by atoms with Crippen LogP contribution in [0.2, 0.25) is 10.0 Å². The van der Waals surface area contributed by atoms with Gasteiger partial charge in [-0.1, -0.05) is 35.3 Å². The number of ether oxygens (including phenoxy) is 2. The molecule has 0 saturated carbocycles. The highest BCUT2D eigenvalue weighted by molar-refractivity contribution is 7.97. The predicted octanol–water partition coefficient (Wildman–Crippen LogP) is 5.80. The van der Waals surface area contributed by atoms with Crippen molar-refractivity contribution in [1.82, 2.24) is 24.5 Å². The largest absolute Gasteiger partial charge is 0.494 e. The quantitative estimate of drug-likeness (QED) is 0.223. The van der Waals surface area contributed by atoms with Crippen molar-refractivity contribution >= 4 is 35.1 Å². The molecule has 4 rings (SSSR count). The number of rotatable bonds is 9. The Morgan fingerprint density at radius 1 is 1.00 bits per heavy atom. The third kappa shape index (κ3) is 5.31. The lowest BCUT2D eigenvalue weighted by atomic mass is 10.2. The number of hydrogen-bond acceptors (Lipinski definition) is 7. The SMILES string of the molecule is COc1ccc(Cl)c(OC)c1-n1c(SNCCc2ccc(Cl)cc2)nnc1-c1cncc(C)c1. The summed E-state index contributed by atoms with van der Waals surface area (Å²) in [5.41, 5.74) is 3.61. The Hall–Kier alpha value is -2.78. The fraction of sp³-hybridized carbons (Fsp3) is 0.208. The molecule has 0 aliphatic rings. The van der Waals surface area contributed by atoms with Gasteiger partial charge in [-0.3, -0.25) is 14.3 Å². The fourth-order valence-electron chi connectivity index (χ4n) is 3.46. The van der Waals surface area contributed by atoms with Crippen molar-refractivity contribution in [2.45, 2.75) is 18.5 Å². The van der Waals surface area contributed by atoms with E-state index in [1.807, 2.05) is 41.8 Å². The van der Waals surface area contributed by atoms with Gasteiger partial charge in [0.25, 0.3) is 0 Å². The van der Waals surface area contributed by atoms with E-state index in [4.69, 9.17) is 32.7 Å². The van der Waals surface area contributed by atoms with E-state index in [-0.39, 0.29) is 0 Å². The second kappa shape index (κ2) is 11.1. The monoisotopic (exact) mass is 515 g/mol. The van der Waals surface area contributed by atoms with Crippen molar-refractivity contribution in [2.24, 2.45) is 0 Å². The minimum Gasteiger partial charge on any atom is -0.494 e. The van der Waals surface area contributed by atoms with Crippen LogP contribution in [0.4, 0.5) is 0 Å². The second-order valence-electron chi connectivity index (χ2n) is 7.40. The van der Waals surface area contributed by atoms with E-state index in [9.17, 15) is 0 Å². The Morgan fingerprint density at radius 2 is 1.79 bits per heavy atom. The van der Waals surface area contributed by atoms with Crippen molar-refractivity contribution in [3.63, 3.8) is 0 Å². The second-order valence-corrected chi connectivity index (χ2v) is 9.10. The number of aryl methyl sites for hydroxylation is 1. The number of nitrogens with zero attached hydrogens (tertiary/aromatic N) is 4. The van der Waals surface area contributed by atoms with Gasteiger partial charge in [0, 0.05) is 29.5 Å². The van der Waals surface area contributed by atoms with Crippen LogP contribution >= 0.6 is 35.1 Å². The molecule has 34 heavy (non-hydrogen) atoms. The van der Waals surface area contributed by atoms with Crippen LogP contribution in [0.3, 0.4) is 0 Å². The molecule has 0 amide bonds. The van der Waals surface area contributed by atoms with Crippen LogP contribution < -0.4 is 14.2 Å². The maximum Gasteiger partial charge on any atom is 0.211 e. The van der Waals surface area contributed by atoms with Crippen molar-refractivity contribution < 1.29 is 9.47 Å². The van der Waals surface area contributed by atoms with Crippen LogP contribution in [0, 0.1) is 6.92 Å². The van der Waals surface area contributed by atoms with Crippen LogP contribution in [0.15, 0.2) is 60.0 Å². The molecule has 0 bridgehead atoms. The topological polar surface area (TPSA) is 74.1 Å². The molecule has 0 spiro atoms. The molecule has 2 aromatic carbocycles. The zero-order chi connectivity index (χ0) is 24.1. The van der Waals surface area contributed by atoms with Gasteiger partial charge in [-0.15, -0.1) is 10.2 Å². The van der Waals surface area contributed by atoms with E-state index in [1.54, 1.807) is 38.7 Å². The number of hydrogen-bond donors (Lipinski definition) is 1. The van der Waals surface area contributed by atoms with Gasteiger partial charge < -0.3 is 9.47 Å². The zero-order valence-corrected chi connectivity index (χ0v) is 21.2. The number of pyridine rings is 1. The molecule has 7 nitrogen and oxygen atoms in total. The van der Waals surface area contributed by atoms with Gasteiger partial charge in [0.15, 0.2) is 11.6 Å². The van der Waals surface area contributed by atoms with Gasteiger partial charge in [0.2, 0.25) is 5.16 Å². The first-order valence-electron chi connectivity index (χ1n) is 10.4. The van der Waals surface area contributed by atoms with Crippen LogP contribution in [0.1, 0.15) is 11.1 Å². The number of methoxy groups -OCH3 is 2. The summed E-state index contributed by atoms with van der Waals surface area (Å²) in [7, 11) is 3.17. The average Bonchev–Trinajstić information content (AvgIpc) is 3.26. The molecule has 4 aromatic rings. The van der Waals surface area contributed by atoms with E-state index >= 15 is 0 Å². The lowest BCUT2D eigenvalue weighted by Crippen LogP contribution is -2.11. The fourth-order valence-corrected chi connectivity index (χ4v) is 4.50. The summed E-state index contributed by atoms with van der Waals surface area (Å²) in [5.74, 6) is 1.63. The summed E-state index contributed by atoms with van der Waals surface area (Å²) in [6.07, 6.45) is 4.37. The molecule has 176 valence electrons. The van der Waals surface area contributed by atoms with Gasteiger partial charge >= 0.3 is 0 Å². The molecule has 0 aliphatic heterocycles. The standard InChI is InChI=1S/C24H23Cl2N5O2S/c1-15-12-17(14-27-13-15)23-29-30-24(34-28-11-10-16-4-6-18(25)7-5-16)31(23)21-20(32-2)9-8-19(26)22(21)33-3/h4-9,12-14,28H,10-11H2,1-3H3. The Labute approximate surface area is 212 Å². The molecule has 0 saturated heterocycles. The summed E-state index contributed by atoms with van der Waals surface area (Å²) >= 11 is 13.8. The highest BCUT2D eigenvalue weighted by Crippen LogP contribution is 2.42. The van der Waals surface area contributed by atoms with Gasteiger partial charge in [0.1, 0.15) is 11.4 Å². The minimum atomic E-state index is 0.451. The first-order valence-corrected chi connectivity index (χ1v) is 12.0. The first-order chi connectivity index (χ1) is 16.5. The maximum atomic E-state index is 6.48. The maximum absolute atomic E-state index is 6.48. The summed E-state index contributed by atoms with van der Waals surface area (Å²) in [5, 5.41) is 10.7. The van der Waals surface area contributed by atoms with Crippen molar-refractivity contribution in [3.8, 4) is 28.6 Å². The Morgan fingerprint density at radius 3 is 2.50 bits per heavy atom. The Kier molecular flexibility index (Phi) is 7.95. The highest BCUT2D eigenvalue weighted by atomic mass is 35.5. The summed E-state index contributed by atoms with van der Waals surface area (Å²) in [4.78, 5) is 4.32. The highest BCUT2D eigenvalue weighted by Gasteiger charge is 2.24. The lowest BCUT2D eigenvalue weighted by molar-refractivity contribution is 0.390. The third-order valence-electron chi connectivity index (χ3n) is 5.05. The Bertz CT molecular complexity index is 1280. The lowest BCUT2D eigenvalue weighted by Gasteiger charge is -2.18. The normalized spacial score (nSPS) is 11.0. The molecule has 2 aromatic heterocycles. The molecule has 0 unspecified atom stereocenters. The minimum absolute atomic E-state index is 0.451. The first kappa shape index (κ1) is 24.3. The molecular formula is C24H23Cl2N5O2S. The summed E-state index contributed by atoms with van der Waals surface area (Å²) in [6.45, 7) is 2.69. The molecule has 0 aliphatic carbocycles. The number of nitrogens with one attached hydrogen (secondary N) is 1. The van der Waals surface area contributed by atoms with E-state index in [2.05, 4.69) is 19.9 Å². The average molecular weight is 516 g/mol. The van der Waals surface area contributed by atoms with Gasteiger partial charge in [-0.05, 0) is 66.8 Å². The summed E-state index contributed by atoms with van der Waals surface area (Å²) in [6, 6.07) is 13.3. The predicted molar refractivity (Wildman–Crippen MR) is 136 cm³/mol. The van der Waals surface area contributed by atoms with Gasteiger partial charge in [-0.2, -0.15) is 0 Å². The molecule has 0 radical (unpaired) electrons. The molecule has 10 heteroatoms. The molecular weight excluding hydrogens is 493 g/mol. The number of benzene rings is 2. The van der Waals surface area contributed by atoms with E-state index in [1.165, 1.54) is 17.5 Å². The van der Waals surface area contributed by atoms with Crippen molar-refractivity contribution in [2.75, 3.05) is 20.8 Å². The van der Waals surface area contributed by atoms with Gasteiger partial charge in [0.05, 0.1) is 19.2 Å². The van der Waals surface area contributed by atoms with Crippen LogP contribution in [-0.4, -0.2) is 40.5 Å². The summed E-state index contributed by atoms with van der Waals surface area (Å²) < 4.78 is 16.6. The molecule has 0 atom stereocenters. The van der Waals surface area contributed by atoms with Crippen LogP contribution in [0.25, 0.3) is 17.1 Å². The Balaban J connectivity index is 1.71. The number of aromatic nitrogens is 4. The number of halogens is 2. The van der Waals surface area contributed by atoms with Crippen molar-refractivity contribution in [1.29, 1.82) is 0 Å². The molecule has 0 fully saturated rings.